The highest BCUT2D eigenvalue weighted by molar-refractivity contribution is 5.45. The van der Waals surface area contributed by atoms with Crippen molar-refractivity contribution in [1.82, 2.24) is 0 Å². The molecule has 0 heterocycles. The summed E-state index contributed by atoms with van der Waals surface area (Å²) in [5, 5.41) is 35.4. The Hall–Kier alpha value is -4.32. The summed E-state index contributed by atoms with van der Waals surface area (Å²) in [6, 6.07) is 29.0. The lowest BCUT2D eigenvalue weighted by Gasteiger charge is -2.03. The number of phenols is 2. The molecule has 2 N–H and O–H groups in total. The normalized spacial score (nSPS) is 11.4. The predicted molar refractivity (Wildman–Crippen MR) is 120 cm³/mol. The Balaban J connectivity index is 1.35. The van der Waals surface area contributed by atoms with Crippen LogP contribution in [0.3, 0.4) is 0 Å². The van der Waals surface area contributed by atoms with Gasteiger partial charge in [-0.2, -0.15) is 20.5 Å². The van der Waals surface area contributed by atoms with Crippen molar-refractivity contribution < 1.29 is 10.2 Å². The van der Waals surface area contributed by atoms with Crippen LogP contribution >= 0.6 is 0 Å². The summed E-state index contributed by atoms with van der Waals surface area (Å²) in [5.41, 5.74) is 5.24. The molecule has 0 aromatic heterocycles. The molecule has 0 saturated carbocycles. The number of phenolic OH excluding ortho intramolecular Hbond substituents is 2. The highest BCUT2D eigenvalue weighted by atomic mass is 16.3. The van der Waals surface area contributed by atoms with Gasteiger partial charge in [-0.25, -0.2) is 0 Å². The van der Waals surface area contributed by atoms with Crippen LogP contribution in [0.1, 0.15) is 11.1 Å². The first-order valence-electron chi connectivity index (χ1n) is 9.73. The lowest BCUT2D eigenvalue weighted by molar-refractivity contribution is 0.475. The predicted octanol–water partition coefficient (Wildman–Crippen LogP) is 7.52. The maximum atomic E-state index is 9.30. The van der Waals surface area contributed by atoms with Crippen molar-refractivity contribution in [1.29, 1.82) is 0 Å². The average molecular weight is 408 g/mol. The number of benzene rings is 4. The molecule has 0 spiro atoms. The van der Waals surface area contributed by atoms with Gasteiger partial charge in [0.25, 0.3) is 0 Å². The molecule has 4 aromatic rings. The molecule has 4 rings (SSSR count). The summed E-state index contributed by atoms with van der Waals surface area (Å²) in [5.74, 6) is 0.411. The Morgan fingerprint density at radius 1 is 0.387 bits per heavy atom. The molecule has 0 bridgehead atoms. The minimum atomic E-state index is 0.205. The minimum Gasteiger partial charge on any atom is -0.508 e. The largest absolute Gasteiger partial charge is 0.508 e. The summed E-state index contributed by atoms with van der Waals surface area (Å²) in [7, 11) is 0. The third-order valence-electron chi connectivity index (χ3n) is 4.54. The van der Waals surface area contributed by atoms with E-state index in [-0.39, 0.29) is 11.5 Å². The summed E-state index contributed by atoms with van der Waals surface area (Å²) >= 11 is 0. The van der Waals surface area contributed by atoms with E-state index in [0.29, 0.717) is 11.4 Å². The van der Waals surface area contributed by atoms with E-state index in [1.165, 1.54) is 11.1 Å². The lowest BCUT2D eigenvalue weighted by Crippen LogP contribution is -1.86. The van der Waals surface area contributed by atoms with Crippen molar-refractivity contribution in [3.8, 4) is 11.5 Å². The Morgan fingerprint density at radius 2 is 0.645 bits per heavy atom. The average Bonchev–Trinajstić information content (AvgIpc) is 2.80. The van der Waals surface area contributed by atoms with E-state index in [9.17, 15) is 10.2 Å². The first kappa shape index (κ1) is 20.0. The van der Waals surface area contributed by atoms with Crippen LogP contribution in [0.4, 0.5) is 22.7 Å². The summed E-state index contributed by atoms with van der Waals surface area (Å²) in [6.45, 7) is 0. The van der Waals surface area contributed by atoms with E-state index in [4.69, 9.17) is 0 Å². The summed E-state index contributed by atoms with van der Waals surface area (Å²) in [6.07, 6.45) is 0.796. The zero-order valence-electron chi connectivity index (χ0n) is 16.6. The molecule has 0 aliphatic rings. The SMILES string of the molecule is Oc1ccc(/N=N/c2ccc(Cc3ccc(/N=N/c4ccc(O)cc4)cc3)cc2)cc1. The first-order valence-corrected chi connectivity index (χ1v) is 9.73. The molecule has 0 radical (unpaired) electrons. The van der Waals surface area contributed by atoms with Crippen LogP contribution < -0.4 is 0 Å². The quantitative estimate of drug-likeness (QED) is 0.323. The maximum Gasteiger partial charge on any atom is 0.115 e. The first-order chi connectivity index (χ1) is 15.1. The molecule has 0 saturated heterocycles. The number of azo groups is 2. The minimum absolute atomic E-state index is 0.205. The molecule has 0 atom stereocenters. The van der Waals surface area contributed by atoms with Gasteiger partial charge in [0.2, 0.25) is 0 Å². The van der Waals surface area contributed by atoms with Crippen LogP contribution in [0, 0.1) is 0 Å². The maximum absolute atomic E-state index is 9.30. The number of nitrogens with zero attached hydrogens (tertiary/aromatic N) is 4. The van der Waals surface area contributed by atoms with Crippen molar-refractivity contribution in [3.05, 3.63) is 108 Å². The number of hydrogen-bond donors (Lipinski definition) is 2. The molecule has 0 aliphatic carbocycles. The second kappa shape index (κ2) is 9.45. The fourth-order valence-electron chi connectivity index (χ4n) is 2.87. The fraction of sp³-hybridized carbons (Fsp3) is 0.0400. The van der Waals surface area contributed by atoms with Gasteiger partial charge in [-0.1, -0.05) is 24.3 Å². The molecule has 0 unspecified atom stereocenters. The van der Waals surface area contributed by atoms with Gasteiger partial charge >= 0.3 is 0 Å². The van der Waals surface area contributed by atoms with Crippen molar-refractivity contribution in [3.63, 3.8) is 0 Å². The van der Waals surface area contributed by atoms with E-state index < -0.39 is 0 Å². The van der Waals surface area contributed by atoms with Gasteiger partial charge in [-0.15, -0.1) is 0 Å². The van der Waals surface area contributed by atoms with Crippen LogP contribution in [0.25, 0.3) is 0 Å². The van der Waals surface area contributed by atoms with Crippen LogP contribution in [-0.2, 0) is 6.42 Å². The number of hydrogen-bond acceptors (Lipinski definition) is 6. The van der Waals surface area contributed by atoms with Crippen molar-refractivity contribution in [2.45, 2.75) is 6.42 Å². The Bertz CT molecular complexity index is 1090. The Morgan fingerprint density at radius 3 is 0.935 bits per heavy atom. The Kier molecular flexibility index (Phi) is 6.09. The second-order valence-electron chi connectivity index (χ2n) is 6.94. The Labute approximate surface area is 179 Å². The van der Waals surface area contributed by atoms with Crippen LogP contribution in [0.2, 0.25) is 0 Å². The molecule has 31 heavy (non-hydrogen) atoms. The van der Waals surface area contributed by atoms with E-state index in [1.807, 2.05) is 48.5 Å². The molecule has 0 fully saturated rings. The molecule has 0 amide bonds. The third kappa shape index (κ3) is 5.83. The molecule has 152 valence electrons. The summed E-state index contributed by atoms with van der Waals surface area (Å²) < 4.78 is 0. The number of aromatic hydroxyl groups is 2. The molecule has 6 nitrogen and oxygen atoms in total. The second-order valence-corrected chi connectivity index (χ2v) is 6.94. The van der Waals surface area contributed by atoms with E-state index in [0.717, 1.165) is 17.8 Å². The molecular formula is C25H20N4O2. The molecular weight excluding hydrogens is 388 g/mol. The molecule has 6 heteroatoms. The topological polar surface area (TPSA) is 89.9 Å². The van der Waals surface area contributed by atoms with Gasteiger partial charge < -0.3 is 10.2 Å². The van der Waals surface area contributed by atoms with E-state index in [2.05, 4.69) is 20.5 Å². The van der Waals surface area contributed by atoms with Gasteiger partial charge in [-0.3, -0.25) is 0 Å². The standard InChI is InChI=1S/C25H20N4O2/c30-24-13-9-22(10-14-24)28-26-20-5-1-18(2-6-20)17-19-3-7-21(8-4-19)27-29-23-11-15-25(31)16-12-23/h1-16,30-31H,17H2/b28-26+,29-27+. The monoisotopic (exact) mass is 408 g/mol. The highest BCUT2D eigenvalue weighted by Crippen LogP contribution is 2.23. The van der Waals surface area contributed by atoms with Crippen LogP contribution in [0.15, 0.2) is 118 Å². The lowest BCUT2D eigenvalue weighted by atomic mass is 10.0. The van der Waals surface area contributed by atoms with Gasteiger partial charge in [0.05, 0.1) is 22.7 Å². The third-order valence-corrected chi connectivity index (χ3v) is 4.54. The van der Waals surface area contributed by atoms with Crippen molar-refractivity contribution >= 4 is 22.7 Å². The van der Waals surface area contributed by atoms with E-state index in [1.54, 1.807) is 48.5 Å². The van der Waals surface area contributed by atoms with Gasteiger partial charge in [-0.05, 0) is 90.3 Å². The smallest absolute Gasteiger partial charge is 0.115 e. The van der Waals surface area contributed by atoms with E-state index >= 15 is 0 Å². The summed E-state index contributed by atoms with van der Waals surface area (Å²) in [4.78, 5) is 0. The van der Waals surface area contributed by atoms with Crippen molar-refractivity contribution in [2.75, 3.05) is 0 Å². The van der Waals surface area contributed by atoms with Crippen LogP contribution in [-0.4, -0.2) is 10.2 Å². The zero-order valence-corrected chi connectivity index (χ0v) is 16.6. The zero-order chi connectivity index (χ0) is 21.5. The van der Waals surface area contributed by atoms with Gasteiger partial charge in [0.1, 0.15) is 11.5 Å². The van der Waals surface area contributed by atoms with Crippen molar-refractivity contribution in [2.24, 2.45) is 20.5 Å². The van der Waals surface area contributed by atoms with Gasteiger partial charge in [0, 0.05) is 0 Å². The fourth-order valence-corrected chi connectivity index (χ4v) is 2.87. The highest BCUT2D eigenvalue weighted by Gasteiger charge is 1.99. The van der Waals surface area contributed by atoms with Gasteiger partial charge in [0.15, 0.2) is 0 Å². The van der Waals surface area contributed by atoms with Crippen LogP contribution in [0.5, 0.6) is 11.5 Å². The molecule has 0 aliphatic heterocycles. The molecule has 4 aromatic carbocycles. The number of rotatable bonds is 6.